The highest BCUT2D eigenvalue weighted by molar-refractivity contribution is 6.30. The molecule has 0 aromatic heterocycles. The Bertz CT molecular complexity index is 1010. The van der Waals surface area contributed by atoms with E-state index in [2.05, 4.69) is 10.5 Å². The van der Waals surface area contributed by atoms with Gasteiger partial charge in [-0.1, -0.05) is 41.9 Å². The SMILES string of the molecule is CCOc1cc(/C=N\NC(=O)COc2ccc(Cl)cc2)ccc1OCc1ccccc1. The number of hydrazone groups is 1. The summed E-state index contributed by atoms with van der Waals surface area (Å²) >= 11 is 5.82. The van der Waals surface area contributed by atoms with Gasteiger partial charge in [-0.2, -0.15) is 5.10 Å². The van der Waals surface area contributed by atoms with Gasteiger partial charge in [0.2, 0.25) is 0 Å². The summed E-state index contributed by atoms with van der Waals surface area (Å²) in [4.78, 5) is 11.9. The minimum Gasteiger partial charge on any atom is -0.490 e. The fourth-order valence-corrected chi connectivity index (χ4v) is 2.74. The van der Waals surface area contributed by atoms with E-state index in [1.807, 2.05) is 55.5 Å². The molecule has 0 heterocycles. The topological polar surface area (TPSA) is 69.2 Å². The van der Waals surface area contributed by atoms with Gasteiger partial charge in [-0.15, -0.1) is 0 Å². The maximum atomic E-state index is 11.9. The Labute approximate surface area is 186 Å². The Morgan fingerprint density at radius 2 is 1.74 bits per heavy atom. The molecule has 0 aliphatic rings. The largest absolute Gasteiger partial charge is 0.490 e. The van der Waals surface area contributed by atoms with Crippen LogP contribution in [0.1, 0.15) is 18.1 Å². The second-order valence-corrected chi connectivity index (χ2v) is 6.89. The zero-order valence-electron chi connectivity index (χ0n) is 17.1. The quantitative estimate of drug-likeness (QED) is 0.363. The molecule has 31 heavy (non-hydrogen) atoms. The van der Waals surface area contributed by atoms with Crippen molar-refractivity contribution in [3.8, 4) is 17.2 Å². The summed E-state index contributed by atoms with van der Waals surface area (Å²) in [6.07, 6.45) is 1.53. The van der Waals surface area contributed by atoms with Gasteiger partial charge < -0.3 is 14.2 Å². The molecule has 0 bridgehead atoms. The number of hydrogen-bond donors (Lipinski definition) is 1. The molecule has 0 radical (unpaired) electrons. The fraction of sp³-hybridized carbons (Fsp3) is 0.167. The minimum absolute atomic E-state index is 0.157. The molecule has 3 aromatic rings. The second kappa shape index (κ2) is 11.6. The van der Waals surface area contributed by atoms with Crippen LogP contribution < -0.4 is 19.6 Å². The number of nitrogens with one attached hydrogen (secondary N) is 1. The zero-order valence-corrected chi connectivity index (χ0v) is 17.8. The number of carbonyl (C=O) groups excluding carboxylic acids is 1. The fourth-order valence-electron chi connectivity index (χ4n) is 2.62. The standard InChI is InChI=1S/C24H23ClN2O4/c1-2-29-23-14-19(8-13-22(23)31-16-18-6-4-3-5-7-18)15-26-27-24(28)17-30-21-11-9-20(25)10-12-21/h3-15H,2,16-17H2,1H3,(H,27,28)/b26-15-. The zero-order chi connectivity index (χ0) is 21.9. The van der Waals surface area contributed by atoms with Crippen LogP contribution in [0.25, 0.3) is 0 Å². The van der Waals surface area contributed by atoms with Crippen LogP contribution >= 0.6 is 11.6 Å². The molecule has 0 saturated heterocycles. The van der Waals surface area contributed by atoms with Gasteiger partial charge in [0.1, 0.15) is 12.4 Å². The van der Waals surface area contributed by atoms with E-state index in [4.69, 9.17) is 25.8 Å². The molecule has 6 nitrogen and oxygen atoms in total. The van der Waals surface area contributed by atoms with Crippen LogP contribution in [0.15, 0.2) is 77.9 Å². The summed E-state index contributed by atoms with van der Waals surface area (Å²) in [5.41, 5.74) is 4.26. The highest BCUT2D eigenvalue weighted by Crippen LogP contribution is 2.28. The van der Waals surface area contributed by atoms with E-state index in [0.29, 0.717) is 35.5 Å². The number of benzene rings is 3. The van der Waals surface area contributed by atoms with Crippen LogP contribution in [0.3, 0.4) is 0 Å². The van der Waals surface area contributed by atoms with Crippen molar-refractivity contribution >= 4 is 23.7 Å². The lowest BCUT2D eigenvalue weighted by molar-refractivity contribution is -0.123. The highest BCUT2D eigenvalue weighted by Gasteiger charge is 2.07. The van der Waals surface area contributed by atoms with Gasteiger partial charge in [0, 0.05) is 5.02 Å². The number of carbonyl (C=O) groups is 1. The normalized spacial score (nSPS) is 10.6. The van der Waals surface area contributed by atoms with Crippen molar-refractivity contribution in [3.63, 3.8) is 0 Å². The summed E-state index contributed by atoms with van der Waals surface area (Å²) in [6.45, 7) is 2.69. The minimum atomic E-state index is -0.376. The van der Waals surface area contributed by atoms with Crippen LogP contribution in [0.2, 0.25) is 5.02 Å². The molecule has 0 atom stereocenters. The molecule has 3 aromatic carbocycles. The highest BCUT2D eigenvalue weighted by atomic mass is 35.5. The second-order valence-electron chi connectivity index (χ2n) is 6.45. The molecule has 7 heteroatoms. The molecule has 0 aliphatic carbocycles. The van der Waals surface area contributed by atoms with Crippen LogP contribution in [0.5, 0.6) is 17.2 Å². The Balaban J connectivity index is 1.53. The van der Waals surface area contributed by atoms with Crippen LogP contribution in [0, 0.1) is 0 Å². The Kier molecular flexibility index (Phi) is 8.31. The lowest BCUT2D eigenvalue weighted by atomic mass is 10.2. The van der Waals surface area contributed by atoms with Gasteiger partial charge in [0.05, 0.1) is 12.8 Å². The smallest absolute Gasteiger partial charge is 0.277 e. The molecule has 1 N–H and O–H groups in total. The molecule has 1 amide bonds. The number of nitrogens with zero attached hydrogens (tertiary/aromatic N) is 1. The Morgan fingerprint density at radius 3 is 2.48 bits per heavy atom. The van der Waals surface area contributed by atoms with Crippen molar-refractivity contribution < 1.29 is 19.0 Å². The van der Waals surface area contributed by atoms with Gasteiger partial charge in [-0.3, -0.25) is 4.79 Å². The number of rotatable bonds is 10. The lowest BCUT2D eigenvalue weighted by Crippen LogP contribution is -2.24. The maximum Gasteiger partial charge on any atom is 0.277 e. The van der Waals surface area contributed by atoms with Crippen molar-refractivity contribution in [3.05, 3.63) is 88.9 Å². The summed E-state index contributed by atoms with van der Waals surface area (Å²) in [5.74, 6) is 1.43. The van der Waals surface area contributed by atoms with Crippen LogP contribution in [-0.4, -0.2) is 25.3 Å². The molecule has 0 aliphatic heterocycles. The summed E-state index contributed by atoms with van der Waals surface area (Å²) in [7, 11) is 0. The average molecular weight is 439 g/mol. The van der Waals surface area contributed by atoms with Gasteiger partial charge >= 0.3 is 0 Å². The van der Waals surface area contributed by atoms with E-state index in [0.717, 1.165) is 11.1 Å². The van der Waals surface area contributed by atoms with Crippen LogP contribution in [0.4, 0.5) is 0 Å². The third kappa shape index (κ3) is 7.35. The third-order valence-electron chi connectivity index (χ3n) is 4.09. The molecule has 0 spiro atoms. The van der Waals surface area contributed by atoms with Gasteiger partial charge in [0.25, 0.3) is 5.91 Å². The summed E-state index contributed by atoms with van der Waals surface area (Å²) in [6, 6.07) is 22.1. The van der Waals surface area contributed by atoms with Crippen molar-refractivity contribution in [2.75, 3.05) is 13.2 Å². The van der Waals surface area contributed by atoms with E-state index in [1.54, 1.807) is 24.3 Å². The Hall–Kier alpha value is -3.51. The van der Waals surface area contributed by atoms with Gasteiger partial charge in [-0.25, -0.2) is 5.43 Å². The predicted octanol–water partition coefficient (Wildman–Crippen LogP) is 4.85. The van der Waals surface area contributed by atoms with E-state index in [-0.39, 0.29) is 12.5 Å². The Morgan fingerprint density at radius 1 is 0.968 bits per heavy atom. The van der Waals surface area contributed by atoms with Gasteiger partial charge in [-0.05, 0) is 60.5 Å². The van der Waals surface area contributed by atoms with Crippen molar-refractivity contribution in [1.82, 2.24) is 5.43 Å². The third-order valence-corrected chi connectivity index (χ3v) is 4.34. The monoisotopic (exact) mass is 438 g/mol. The molecule has 160 valence electrons. The van der Waals surface area contributed by atoms with Crippen LogP contribution in [-0.2, 0) is 11.4 Å². The first-order chi connectivity index (χ1) is 15.1. The van der Waals surface area contributed by atoms with Crippen molar-refractivity contribution in [2.24, 2.45) is 5.10 Å². The average Bonchev–Trinajstić information content (AvgIpc) is 2.79. The molecular weight excluding hydrogens is 416 g/mol. The first kappa shape index (κ1) is 22.2. The number of amides is 1. The molecular formula is C24H23ClN2O4. The molecule has 3 rings (SSSR count). The summed E-state index contributed by atoms with van der Waals surface area (Å²) in [5, 5.41) is 4.57. The van der Waals surface area contributed by atoms with E-state index in [9.17, 15) is 4.79 Å². The lowest BCUT2D eigenvalue weighted by Gasteiger charge is -2.12. The maximum absolute atomic E-state index is 11.9. The van der Waals surface area contributed by atoms with E-state index in [1.165, 1.54) is 6.21 Å². The first-order valence-corrected chi connectivity index (χ1v) is 10.2. The number of ether oxygens (including phenoxy) is 3. The van der Waals surface area contributed by atoms with E-state index >= 15 is 0 Å². The van der Waals surface area contributed by atoms with Gasteiger partial charge in [0.15, 0.2) is 18.1 Å². The molecule has 0 saturated carbocycles. The number of halogens is 1. The van der Waals surface area contributed by atoms with Crippen molar-refractivity contribution in [1.29, 1.82) is 0 Å². The van der Waals surface area contributed by atoms with E-state index < -0.39 is 0 Å². The first-order valence-electron chi connectivity index (χ1n) is 9.78. The predicted molar refractivity (Wildman–Crippen MR) is 121 cm³/mol. The van der Waals surface area contributed by atoms with Crippen molar-refractivity contribution in [2.45, 2.75) is 13.5 Å². The number of hydrogen-bond acceptors (Lipinski definition) is 5. The summed E-state index contributed by atoms with van der Waals surface area (Å²) < 4.78 is 17.0. The molecule has 0 fully saturated rings. The molecule has 0 unspecified atom stereocenters.